The van der Waals surface area contributed by atoms with E-state index in [0.29, 0.717) is 13.0 Å². The van der Waals surface area contributed by atoms with Crippen molar-refractivity contribution in [3.05, 3.63) is 24.3 Å². The average Bonchev–Trinajstić information content (AvgIpc) is 2.51. The van der Waals surface area contributed by atoms with E-state index in [4.69, 9.17) is 4.74 Å². The van der Waals surface area contributed by atoms with E-state index in [0.717, 1.165) is 19.3 Å². The molecule has 0 amide bonds. The zero-order valence-electron chi connectivity index (χ0n) is 14.8. The fourth-order valence-electron chi connectivity index (χ4n) is 2.33. The van der Waals surface area contributed by atoms with Gasteiger partial charge < -0.3 is 4.74 Å². The van der Waals surface area contributed by atoms with Gasteiger partial charge in [-0.1, -0.05) is 69.8 Å². The predicted octanol–water partition coefficient (Wildman–Crippen LogP) is 6.36. The highest BCUT2D eigenvalue weighted by atomic mass is 16.5. The smallest absolute Gasteiger partial charge is 0.305 e. The highest BCUT2D eigenvalue weighted by Crippen LogP contribution is 2.08. The minimum atomic E-state index is -0.0492. The molecule has 0 aromatic heterocycles. The van der Waals surface area contributed by atoms with E-state index in [1.54, 1.807) is 0 Å². The molecule has 0 aliphatic rings. The van der Waals surface area contributed by atoms with Crippen LogP contribution in [0.3, 0.4) is 0 Å². The summed E-state index contributed by atoms with van der Waals surface area (Å²) in [6.07, 6.45) is 23.1. The van der Waals surface area contributed by atoms with Crippen LogP contribution in [0.4, 0.5) is 0 Å². The van der Waals surface area contributed by atoms with Gasteiger partial charge in [0.1, 0.15) is 0 Å². The monoisotopic (exact) mass is 308 g/mol. The molecule has 128 valence electrons. The lowest BCUT2D eigenvalue weighted by Gasteiger charge is -2.01. The number of rotatable bonds is 15. The largest absolute Gasteiger partial charge is 0.466 e. The van der Waals surface area contributed by atoms with E-state index in [2.05, 4.69) is 31.2 Å². The SMILES string of the molecule is CCCCCC/C=C/C=C/CCCCCCCC(=O)OCC. The predicted molar refractivity (Wildman–Crippen MR) is 96.0 cm³/mol. The molecule has 0 atom stereocenters. The molecule has 0 spiro atoms. The van der Waals surface area contributed by atoms with Crippen LogP contribution in [0.5, 0.6) is 0 Å². The van der Waals surface area contributed by atoms with E-state index < -0.39 is 0 Å². The van der Waals surface area contributed by atoms with Gasteiger partial charge in [-0.25, -0.2) is 0 Å². The van der Waals surface area contributed by atoms with E-state index in [1.165, 1.54) is 51.4 Å². The molecule has 0 aliphatic carbocycles. The normalized spacial score (nSPS) is 11.5. The van der Waals surface area contributed by atoms with Crippen molar-refractivity contribution in [2.45, 2.75) is 90.9 Å². The first-order chi connectivity index (χ1) is 10.8. The first kappa shape index (κ1) is 20.9. The van der Waals surface area contributed by atoms with Gasteiger partial charge in [0.25, 0.3) is 0 Å². The quantitative estimate of drug-likeness (QED) is 0.200. The standard InChI is InChI=1S/C20H36O2/c1-3-5-6-7-8-9-10-11-12-13-14-15-16-17-18-19-20(21)22-4-2/h9-12H,3-8,13-19H2,1-2H3/b10-9+,12-11+. The van der Waals surface area contributed by atoms with Crippen molar-refractivity contribution in [3.8, 4) is 0 Å². The molecule has 0 fully saturated rings. The maximum absolute atomic E-state index is 11.1. The second-order valence-electron chi connectivity index (χ2n) is 5.82. The zero-order chi connectivity index (χ0) is 16.3. The summed E-state index contributed by atoms with van der Waals surface area (Å²) in [5.74, 6) is -0.0492. The minimum Gasteiger partial charge on any atom is -0.466 e. The van der Waals surface area contributed by atoms with E-state index in [-0.39, 0.29) is 5.97 Å². The van der Waals surface area contributed by atoms with Crippen LogP contribution in [-0.4, -0.2) is 12.6 Å². The van der Waals surface area contributed by atoms with Crippen LogP contribution < -0.4 is 0 Å². The fourth-order valence-corrected chi connectivity index (χ4v) is 2.33. The summed E-state index contributed by atoms with van der Waals surface area (Å²) in [6, 6.07) is 0. The molecule has 0 unspecified atom stereocenters. The van der Waals surface area contributed by atoms with Crippen molar-refractivity contribution >= 4 is 5.97 Å². The Bertz CT molecular complexity index is 292. The number of carbonyl (C=O) groups is 1. The topological polar surface area (TPSA) is 26.3 Å². The van der Waals surface area contributed by atoms with E-state index >= 15 is 0 Å². The summed E-state index contributed by atoms with van der Waals surface area (Å²) in [7, 11) is 0. The molecule has 0 aliphatic heterocycles. The summed E-state index contributed by atoms with van der Waals surface area (Å²) < 4.78 is 4.91. The van der Waals surface area contributed by atoms with Gasteiger partial charge in [-0.05, 0) is 39.0 Å². The number of esters is 1. The van der Waals surface area contributed by atoms with E-state index in [1.807, 2.05) is 6.92 Å². The number of carbonyl (C=O) groups excluding carboxylic acids is 1. The lowest BCUT2D eigenvalue weighted by Crippen LogP contribution is -2.03. The molecule has 0 radical (unpaired) electrons. The van der Waals surface area contributed by atoms with Gasteiger partial charge in [-0.15, -0.1) is 0 Å². The molecule has 0 aromatic carbocycles. The van der Waals surface area contributed by atoms with Crippen molar-refractivity contribution in [2.75, 3.05) is 6.61 Å². The second kappa shape index (κ2) is 18.0. The number of unbranched alkanes of at least 4 members (excludes halogenated alkanes) is 9. The Hall–Kier alpha value is -1.05. The molecule has 0 aromatic rings. The van der Waals surface area contributed by atoms with Crippen LogP contribution in [0.25, 0.3) is 0 Å². The third kappa shape index (κ3) is 17.0. The second-order valence-corrected chi connectivity index (χ2v) is 5.82. The summed E-state index contributed by atoms with van der Waals surface area (Å²) in [4.78, 5) is 11.1. The van der Waals surface area contributed by atoms with Gasteiger partial charge in [0, 0.05) is 6.42 Å². The molecular formula is C20H36O2. The molecule has 0 rings (SSSR count). The van der Waals surface area contributed by atoms with Gasteiger partial charge in [0.05, 0.1) is 6.61 Å². The molecule has 0 saturated heterocycles. The van der Waals surface area contributed by atoms with Crippen molar-refractivity contribution < 1.29 is 9.53 Å². The van der Waals surface area contributed by atoms with Gasteiger partial charge in [-0.3, -0.25) is 4.79 Å². The van der Waals surface area contributed by atoms with Crippen molar-refractivity contribution in [3.63, 3.8) is 0 Å². The molecule has 0 N–H and O–H groups in total. The van der Waals surface area contributed by atoms with Gasteiger partial charge in [-0.2, -0.15) is 0 Å². The first-order valence-electron chi connectivity index (χ1n) is 9.28. The molecule has 22 heavy (non-hydrogen) atoms. The highest BCUT2D eigenvalue weighted by Gasteiger charge is 2.00. The summed E-state index contributed by atoms with van der Waals surface area (Å²) in [5, 5.41) is 0. The number of allylic oxidation sites excluding steroid dienone is 4. The molecular weight excluding hydrogens is 272 g/mol. The van der Waals surface area contributed by atoms with Crippen molar-refractivity contribution in [1.82, 2.24) is 0 Å². The van der Waals surface area contributed by atoms with Gasteiger partial charge in [0.15, 0.2) is 0 Å². The number of hydrogen-bond donors (Lipinski definition) is 0. The van der Waals surface area contributed by atoms with Crippen LogP contribution in [0, 0.1) is 0 Å². The summed E-state index contributed by atoms with van der Waals surface area (Å²) in [5.41, 5.74) is 0. The summed E-state index contributed by atoms with van der Waals surface area (Å²) >= 11 is 0. The molecule has 2 nitrogen and oxygen atoms in total. The minimum absolute atomic E-state index is 0.0492. The maximum Gasteiger partial charge on any atom is 0.305 e. The van der Waals surface area contributed by atoms with Crippen molar-refractivity contribution in [2.24, 2.45) is 0 Å². The van der Waals surface area contributed by atoms with Crippen LogP contribution in [0.15, 0.2) is 24.3 Å². The van der Waals surface area contributed by atoms with Crippen LogP contribution >= 0.6 is 0 Å². The number of ether oxygens (including phenoxy) is 1. The van der Waals surface area contributed by atoms with Gasteiger partial charge >= 0.3 is 5.97 Å². The Kier molecular flexibility index (Phi) is 17.1. The molecule has 0 bridgehead atoms. The molecule has 0 heterocycles. The average molecular weight is 309 g/mol. The zero-order valence-corrected chi connectivity index (χ0v) is 14.8. The highest BCUT2D eigenvalue weighted by molar-refractivity contribution is 5.69. The Morgan fingerprint density at radius 2 is 1.32 bits per heavy atom. The molecule has 2 heteroatoms. The third-order valence-corrected chi connectivity index (χ3v) is 3.66. The molecule has 0 saturated carbocycles. The summed E-state index contributed by atoms with van der Waals surface area (Å²) in [6.45, 7) is 4.60. The van der Waals surface area contributed by atoms with Crippen LogP contribution in [0.2, 0.25) is 0 Å². The Morgan fingerprint density at radius 3 is 1.91 bits per heavy atom. The lowest BCUT2D eigenvalue weighted by atomic mass is 10.1. The fraction of sp³-hybridized carbons (Fsp3) is 0.750. The van der Waals surface area contributed by atoms with E-state index in [9.17, 15) is 4.79 Å². The first-order valence-corrected chi connectivity index (χ1v) is 9.28. The van der Waals surface area contributed by atoms with Crippen molar-refractivity contribution in [1.29, 1.82) is 0 Å². The Labute approximate surface area is 138 Å². The third-order valence-electron chi connectivity index (χ3n) is 3.66. The Balaban J connectivity index is 3.23. The maximum atomic E-state index is 11.1. The number of hydrogen-bond acceptors (Lipinski definition) is 2. The van der Waals surface area contributed by atoms with Crippen LogP contribution in [-0.2, 0) is 9.53 Å². The lowest BCUT2D eigenvalue weighted by molar-refractivity contribution is -0.143. The Morgan fingerprint density at radius 1 is 0.773 bits per heavy atom. The van der Waals surface area contributed by atoms with Gasteiger partial charge in [0.2, 0.25) is 0 Å². The van der Waals surface area contributed by atoms with Crippen LogP contribution in [0.1, 0.15) is 90.9 Å².